The molecule has 0 bridgehead atoms. The van der Waals surface area contributed by atoms with E-state index in [1.165, 1.54) is 5.56 Å². The molecule has 4 aromatic rings. The van der Waals surface area contributed by atoms with E-state index in [1.807, 2.05) is 32.9 Å². The monoisotopic (exact) mass is 472 g/mol. The second-order valence-electron chi connectivity index (χ2n) is 7.94. The number of aryl methyl sites for hydroxylation is 2. The fourth-order valence-electron chi connectivity index (χ4n) is 4.04. The Bertz CT molecular complexity index is 1330. The van der Waals surface area contributed by atoms with Crippen LogP contribution < -0.4 is 4.57 Å². The first-order valence-corrected chi connectivity index (χ1v) is 10.2. The summed E-state index contributed by atoms with van der Waals surface area (Å²) in [4.78, 5) is 0. The molecule has 0 saturated heterocycles. The summed E-state index contributed by atoms with van der Waals surface area (Å²) in [6.45, 7) is 9.98. The van der Waals surface area contributed by atoms with Crippen molar-refractivity contribution in [2.24, 2.45) is 13.0 Å². The molecule has 2 aromatic heterocycles. The van der Waals surface area contributed by atoms with E-state index >= 15 is 0 Å². The minimum absolute atomic E-state index is 0. The van der Waals surface area contributed by atoms with Gasteiger partial charge in [0.25, 0.3) is 5.82 Å². The van der Waals surface area contributed by atoms with Gasteiger partial charge in [-0.15, -0.1) is 37.1 Å². The molecule has 4 rings (SSSR count). The number of para-hydroxylation sites is 1. The molecule has 0 spiro atoms. The van der Waals surface area contributed by atoms with E-state index in [0.717, 1.165) is 44.5 Å². The predicted molar refractivity (Wildman–Crippen MR) is 122 cm³/mol. The third-order valence-electron chi connectivity index (χ3n) is 5.53. The van der Waals surface area contributed by atoms with Crippen molar-refractivity contribution >= 4 is 27.4 Å². The number of hydrogen-bond donors (Lipinski definition) is 0. The molecule has 2 heterocycles. The number of fused-ring (bicyclic) bond motifs is 2. The molecule has 0 unspecified atom stereocenters. The number of hydrogen-bond acceptors (Lipinski definition) is 0. The summed E-state index contributed by atoms with van der Waals surface area (Å²) in [6, 6.07) is 19.9. The van der Waals surface area contributed by atoms with Gasteiger partial charge in [0.1, 0.15) is 5.52 Å². The largest absolute Gasteiger partial charge is 0.331 e. The van der Waals surface area contributed by atoms with Crippen LogP contribution in [0.4, 0.5) is 0 Å². The number of pyridine rings is 1. The van der Waals surface area contributed by atoms with Gasteiger partial charge in [-0.1, -0.05) is 32.0 Å². The third-order valence-corrected chi connectivity index (χ3v) is 5.53. The molecule has 0 saturated carbocycles. The molecule has 0 aliphatic heterocycles. The first kappa shape index (κ1) is 20.2. The van der Waals surface area contributed by atoms with Crippen molar-refractivity contribution in [2.45, 2.75) is 41.0 Å². The van der Waals surface area contributed by atoms with Crippen LogP contribution >= 0.6 is 0 Å². The van der Waals surface area contributed by atoms with Crippen LogP contribution in [0.5, 0.6) is 0 Å². The molecular formula is C27H29N2Y-. The maximum Gasteiger partial charge on any atom is 0.260 e. The van der Waals surface area contributed by atoms with Crippen LogP contribution in [0.25, 0.3) is 33.2 Å². The Morgan fingerprint density at radius 2 is 1.90 bits per heavy atom. The van der Waals surface area contributed by atoms with E-state index in [1.54, 1.807) is 0 Å². The van der Waals surface area contributed by atoms with E-state index in [9.17, 15) is 0 Å². The maximum atomic E-state index is 8.65. The summed E-state index contributed by atoms with van der Waals surface area (Å²) in [5.74, 6) is 0.896. The fraction of sp³-hybridized carbons (Fsp3) is 0.296. The van der Waals surface area contributed by atoms with Gasteiger partial charge < -0.3 is 10.6 Å². The third kappa shape index (κ3) is 3.93. The van der Waals surface area contributed by atoms with Crippen LogP contribution in [-0.2, 0) is 46.1 Å². The molecule has 0 amide bonds. The van der Waals surface area contributed by atoms with Gasteiger partial charge in [-0.2, -0.15) is 6.07 Å². The van der Waals surface area contributed by atoms with Gasteiger partial charge in [-0.3, -0.25) is 5.57 Å². The summed E-state index contributed by atoms with van der Waals surface area (Å²) in [5, 5.41) is 2.02. The van der Waals surface area contributed by atoms with Gasteiger partial charge in [-0.05, 0) is 42.5 Å². The topological polar surface area (TPSA) is 8.81 Å². The predicted octanol–water partition coefficient (Wildman–Crippen LogP) is 6.14. The summed E-state index contributed by atoms with van der Waals surface area (Å²) in [6.07, 6.45) is 1.87. The Hall–Kier alpha value is -1.77. The van der Waals surface area contributed by atoms with Gasteiger partial charge in [0.15, 0.2) is 0 Å². The summed E-state index contributed by atoms with van der Waals surface area (Å²) in [5.41, 5.74) is 6.10. The van der Waals surface area contributed by atoms with Crippen LogP contribution in [0.3, 0.4) is 0 Å². The van der Waals surface area contributed by atoms with Gasteiger partial charge in [0.2, 0.25) is 0 Å². The molecule has 0 aliphatic rings. The Morgan fingerprint density at radius 3 is 2.60 bits per heavy atom. The number of aromatic nitrogens is 2. The zero-order valence-corrected chi connectivity index (χ0v) is 21.5. The van der Waals surface area contributed by atoms with Crippen LogP contribution in [0.2, 0.25) is 0 Å². The molecule has 151 valence electrons. The molecule has 0 aliphatic carbocycles. The van der Waals surface area contributed by atoms with E-state index < -0.39 is 6.37 Å². The Morgan fingerprint density at radius 1 is 1.17 bits per heavy atom. The molecule has 30 heavy (non-hydrogen) atoms. The minimum Gasteiger partial charge on any atom is -0.331 e. The summed E-state index contributed by atoms with van der Waals surface area (Å²) >= 11 is 0. The van der Waals surface area contributed by atoms with E-state index in [-0.39, 0.29) is 38.6 Å². The van der Waals surface area contributed by atoms with Crippen molar-refractivity contribution < 1.29 is 40.0 Å². The number of allylic oxidation sites excluding steroid dienone is 2. The summed E-state index contributed by atoms with van der Waals surface area (Å²) < 4.78 is 21.7. The van der Waals surface area contributed by atoms with Gasteiger partial charge >= 0.3 is 0 Å². The van der Waals surface area contributed by atoms with Crippen molar-refractivity contribution in [2.75, 3.05) is 0 Å². The van der Waals surface area contributed by atoms with Crippen molar-refractivity contribution in [1.29, 1.82) is 0 Å². The average molecular weight is 472 g/mol. The standard InChI is InChI=1S/C27H29N2.Y/c1-7-19(4)25-17-22-12-8-10-20(5)27(22)29(25)26-15-14-23-21(16-18(2)3)11-9-13-24(23)28(26)6;/h8-15,18H,16H2,1-6H3;/q-1;/i16D2;. The van der Waals surface area contributed by atoms with Crippen molar-refractivity contribution in [1.82, 2.24) is 4.57 Å². The van der Waals surface area contributed by atoms with Crippen LogP contribution in [-0.4, -0.2) is 4.57 Å². The zero-order chi connectivity index (χ0) is 22.5. The maximum absolute atomic E-state index is 8.65. The number of benzene rings is 2. The van der Waals surface area contributed by atoms with Crippen molar-refractivity contribution in [3.05, 3.63) is 77.5 Å². The number of rotatable bonds is 4. The smallest absolute Gasteiger partial charge is 0.260 e. The molecule has 0 N–H and O–H groups in total. The Kier molecular flexibility index (Phi) is 6.15. The van der Waals surface area contributed by atoms with E-state index in [0.29, 0.717) is 0 Å². The molecule has 0 fully saturated rings. The van der Waals surface area contributed by atoms with Crippen LogP contribution in [0.1, 0.15) is 47.3 Å². The molecule has 1 radical (unpaired) electrons. The van der Waals surface area contributed by atoms with Crippen molar-refractivity contribution in [3.8, 4) is 5.82 Å². The van der Waals surface area contributed by atoms with Crippen LogP contribution in [0.15, 0.2) is 48.5 Å². The molecule has 2 aromatic carbocycles. The molecule has 0 atom stereocenters. The molecular weight excluding hydrogens is 441 g/mol. The number of nitrogens with zero attached hydrogens (tertiary/aromatic N) is 2. The van der Waals surface area contributed by atoms with Gasteiger partial charge in [0, 0.05) is 52.4 Å². The van der Waals surface area contributed by atoms with Crippen molar-refractivity contribution in [3.63, 3.8) is 0 Å². The Labute approximate surface area is 208 Å². The normalized spacial score (nSPS) is 13.5. The zero-order valence-electron chi connectivity index (χ0n) is 20.7. The van der Waals surface area contributed by atoms with E-state index in [2.05, 4.69) is 78.6 Å². The second-order valence-corrected chi connectivity index (χ2v) is 7.94. The van der Waals surface area contributed by atoms with Gasteiger partial charge in [-0.25, -0.2) is 4.57 Å². The Balaban J connectivity index is 0.00000289. The van der Waals surface area contributed by atoms with Gasteiger partial charge in [0.05, 0.1) is 7.05 Å². The SMILES string of the molecule is [2H]C([2H])(c1cccc2c1ccc(-n1c(C(C)=[C-]C)[c-]c3cccc(C)c31)[n+]2C)C(C)C.[Y]. The second kappa shape index (κ2) is 9.16. The van der Waals surface area contributed by atoms with Crippen LogP contribution in [0, 0.1) is 25.0 Å². The first-order chi connectivity index (χ1) is 14.7. The van der Waals surface area contributed by atoms with E-state index in [4.69, 9.17) is 2.74 Å². The fourth-order valence-corrected chi connectivity index (χ4v) is 4.04. The molecule has 2 nitrogen and oxygen atoms in total. The summed E-state index contributed by atoms with van der Waals surface area (Å²) in [7, 11) is 2.05. The molecule has 3 heteroatoms. The quantitative estimate of drug-likeness (QED) is 0.249. The first-order valence-electron chi connectivity index (χ1n) is 11.2. The minimum atomic E-state index is -1.40. The average Bonchev–Trinajstić information content (AvgIpc) is 3.13.